The topological polar surface area (TPSA) is 400 Å². The highest BCUT2D eigenvalue weighted by Crippen LogP contribution is 2.28. The van der Waals surface area contributed by atoms with E-state index in [9.17, 15) is 52.7 Å². The van der Waals surface area contributed by atoms with E-state index in [1.165, 1.54) is 25.5 Å². The number of hydrogen-bond acceptors (Lipinski definition) is 14. The Bertz CT molecular complexity index is 2430. The van der Waals surface area contributed by atoms with E-state index < -0.39 is 121 Å². The zero-order valence-electron chi connectivity index (χ0n) is 41.3. The number of hydrogen-bond donors (Lipinski definition) is 10. The van der Waals surface area contributed by atoms with Crippen LogP contribution in [0.5, 0.6) is 0 Å². The van der Waals surface area contributed by atoms with Gasteiger partial charge in [0.1, 0.15) is 42.3 Å². The van der Waals surface area contributed by atoms with E-state index in [1.54, 1.807) is 42.5 Å². The first-order valence-corrected chi connectivity index (χ1v) is 26.9. The number of carbonyl (C=O) groups excluding carboxylic acids is 11. The van der Waals surface area contributed by atoms with Gasteiger partial charge in [0, 0.05) is 63.4 Å². The molecule has 0 radical (unpaired) electrons. The molecule has 4 aliphatic heterocycles. The number of nitrogens with zero attached hydrogens (tertiary/aromatic N) is 4. The summed E-state index contributed by atoms with van der Waals surface area (Å²) in [5.41, 5.74) is 28.6. The molecular formula is C48H66N14O11S2. The van der Waals surface area contributed by atoms with Crippen molar-refractivity contribution in [2.45, 2.75) is 107 Å². The third kappa shape index (κ3) is 17.9. The number of likely N-dealkylation sites (tertiary alicyclic amines) is 1. The number of amides is 11. The number of carbonyl (C=O) groups is 11. The summed E-state index contributed by atoms with van der Waals surface area (Å²) in [7, 11) is 2.31. The number of aliphatic imine (C=N–C) groups is 1. The molecule has 2 aromatic rings. The van der Waals surface area contributed by atoms with Gasteiger partial charge in [-0.15, -0.1) is 0 Å². The summed E-state index contributed by atoms with van der Waals surface area (Å²) in [6, 6.07) is 8.51. The first kappa shape index (κ1) is 58.5. The molecule has 7 atom stereocenters. The standard InChI is InChI=1S/C48H66N14O11S2/c49-37(63)16-15-31-42(68)58-32(25-38(50)64)43(69)59-33(46(72)61-19-8-14-34(61)44(70)56-30(13-7-18-54-48(52)53)41(67)55-26-39(51)65)27-75-74-22-17-40(66)60-20-21-62(47(73)36(60)24-29-11-5-2-6-12-29)35(45(71)57-31)23-28-9-3-1-4-10-28/h1-6,9-12,30-36H,7-8,13-27H2,(H2,49,63)(H2,50,64)(H2,51,65)(H,55,67)(H,56,70)(H,57,71)(H,58,68)(H,59,69)(H4,52,53,54)/t30-,31-,32-,33-,34-,35-,36-/m0/s1. The van der Waals surface area contributed by atoms with Crippen molar-refractivity contribution < 1.29 is 52.7 Å². The zero-order valence-corrected chi connectivity index (χ0v) is 43.0. The molecule has 2 bridgehead atoms. The summed E-state index contributed by atoms with van der Waals surface area (Å²) in [6.07, 6.45) is -0.769. The van der Waals surface area contributed by atoms with Crippen LogP contribution in [0, 0.1) is 0 Å². The van der Waals surface area contributed by atoms with E-state index in [1.807, 2.05) is 18.2 Å². The quantitative estimate of drug-likeness (QED) is 0.0214. The SMILES string of the molecule is NC(=O)CC[C@@H]1NC(=O)[C@H](Cc2ccccc2)N2CCN(C(=O)CCSSC[C@@H](C(=O)N3CCC[C@H]3C(=O)N[C@@H](CCCN=C(N)N)C(=O)NCC(N)=O)NC(=O)[C@H](CC(N)=O)NC1=O)[C@@H](Cc1ccccc1)C2=O. The van der Waals surface area contributed by atoms with Crippen LogP contribution in [0.1, 0.15) is 62.5 Å². The second kappa shape index (κ2) is 28.9. The molecule has 75 heavy (non-hydrogen) atoms. The monoisotopic (exact) mass is 1080 g/mol. The molecule has 0 spiro atoms. The third-order valence-electron chi connectivity index (χ3n) is 12.6. The average molecular weight is 1080 g/mol. The predicted octanol–water partition coefficient (Wildman–Crippen LogP) is -3.61. The number of piperazine rings is 1. The van der Waals surface area contributed by atoms with Crippen LogP contribution in [0.2, 0.25) is 0 Å². The van der Waals surface area contributed by atoms with Crippen LogP contribution < -0.4 is 55.3 Å². The summed E-state index contributed by atoms with van der Waals surface area (Å²) in [5, 5.41) is 12.7. The van der Waals surface area contributed by atoms with Gasteiger partial charge in [-0.2, -0.15) is 0 Å². The highest BCUT2D eigenvalue weighted by molar-refractivity contribution is 8.76. The summed E-state index contributed by atoms with van der Waals surface area (Å²) in [4.78, 5) is 158. The molecule has 4 heterocycles. The lowest BCUT2D eigenvalue weighted by Gasteiger charge is -2.44. The highest BCUT2D eigenvalue weighted by atomic mass is 33.1. The van der Waals surface area contributed by atoms with Crippen molar-refractivity contribution in [3.63, 3.8) is 0 Å². The van der Waals surface area contributed by atoms with Gasteiger partial charge in [0.15, 0.2) is 5.96 Å². The minimum Gasteiger partial charge on any atom is -0.370 e. The first-order chi connectivity index (χ1) is 35.8. The number of guanidine groups is 1. The van der Waals surface area contributed by atoms with E-state index >= 15 is 0 Å². The Hall–Kier alpha value is -7.42. The molecule has 0 aliphatic carbocycles. The van der Waals surface area contributed by atoms with E-state index in [0.717, 1.165) is 16.4 Å². The number of primary amides is 3. The maximum atomic E-state index is 14.8. The molecule has 15 N–H and O–H groups in total. The Labute approximate surface area is 441 Å². The fraction of sp³-hybridized carbons (Fsp3) is 0.500. The second-order valence-electron chi connectivity index (χ2n) is 18.1. The molecule has 4 saturated heterocycles. The van der Waals surface area contributed by atoms with Gasteiger partial charge in [-0.1, -0.05) is 82.3 Å². The Morgan fingerprint density at radius 2 is 1.35 bits per heavy atom. The van der Waals surface area contributed by atoms with Gasteiger partial charge < -0.3 is 70.0 Å². The largest absolute Gasteiger partial charge is 0.370 e. The summed E-state index contributed by atoms with van der Waals surface area (Å²) in [5.74, 6) is -8.78. The number of rotatable bonds is 19. The van der Waals surface area contributed by atoms with E-state index in [2.05, 4.69) is 31.6 Å². The third-order valence-corrected chi connectivity index (χ3v) is 15.0. The maximum absolute atomic E-state index is 14.8. The van der Waals surface area contributed by atoms with Crippen molar-refractivity contribution in [1.82, 2.24) is 41.3 Å². The molecule has 0 aromatic heterocycles. The maximum Gasteiger partial charge on any atom is 0.246 e. The van der Waals surface area contributed by atoms with Crippen LogP contribution in [0.15, 0.2) is 65.7 Å². The van der Waals surface area contributed by atoms with E-state index in [-0.39, 0.29) is 94.5 Å². The number of benzene rings is 2. The highest BCUT2D eigenvalue weighted by Gasteiger charge is 2.44. The van der Waals surface area contributed by atoms with E-state index in [4.69, 9.17) is 28.7 Å². The molecule has 0 saturated carbocycles. The van der Waals surface area contributed by atoms with Crippen molar-refractivity contribution in [2.75, 3.05) is 44.2 Å². The summed E-state index contributed by atoms with van der Waals surface area (Å²) < 4.78 is 0. The normalized spacial score (nSPS) is 22.5. The zero-order chi connectivity index (χ0) is 54.6. The van der Waals surface area contributed by atoms with Gasteiger partial charge in [-0.3, -0.25) is 57.7 Å². The van der Waals surface area contributed by atoms with Gasteiger partial charge in [0.05, 0.1) is 13.0 Å². The van der Waals surface area contributed by atoms with Crippen LogP contribution in [0.25, 0.3) is 0 Å². The van der Waals surface area contributed by atoms with Crippen LogP contribution in [-0.4, -0.2) is 172 Å². The molecule has 2 aromatic carbocycles. The molecule has 6 rings (SSSR count). The van der Waals surface area contributed by atoms with Crippen molar-refractivity contribution >= 4 is 92.5 Å². The fourth-order valence-electron chi connectivity index (χ4n) is 8.87. The molecule has 406 valence electrons. The van der Waals surface area contributed by atoms with Crippen LogP contribution >= 0.6 is 21.6 Å². The van der Waals surface area contributed by atoms with Gasteiger partial charge in [0.25, 0.3) is 0 Å². The van der Waals surface area contributed by atoms with Crippen molar-refractivity contribution in [3.8, 4) is 0 Å². The summed E-state index contributed by atoms with van der Waals surface area (Å²) >= 11 is 0. The predicted molar refractivity (Wildman–Crippen MR) is 278 cm³/mol. The molecule has 11 amide bonds. The Morgan fingerprint density at radius 1 is 0.720 bits per heavy atom. The molecule has 4 aliphatic rings. The molecule has 27 heteroatoms. The number of nitrogens with one attached hydrogen (secondary N) is 5. The van der Waals surface area contributed by atoms with Crippen molar-refractivity contribution in [1.29, 1.82) is 0 Å². The Kier molecular flexibility index (Phi) is 22.5. The Morgan fingerprint density at radius 3 is 1.97 bits per heavy atom. The molecular weight excluding hydrogens is 1010 g/mol. The molecule has 0 unspecified atom stereocenters. The first-order valence-electron chi connectivity index (χ1n) is 24.4. The van der Waals surface area contributed by atoms with Crippen LogP contribution in [0.4, 0.5) is 0 Å². The lowest BCUT2D eigenvalue weighted by atomic mass is 9.96. The summed E-state index contributed by atoms with van der Waals surface area (Å²) in [6.45, 7) is -0.356. The lowest BCUT2D eigenvalue weighted by Crippen LogP contribution is -2.65. The Balaban J connectivity index is 1.48. The molecule has 25 nitrogen and oxygen atoms in total. The van der Waals surface area contributed by atoms with Gasteiger partial charge in [0.2, 0.25) is 65.0 Å². The molecule has 4 fully saturated rings. The second-order valence-corrected chi connectivity index (χ2v) is 20.8. The smallest absolute Gasteiger partial charge is 0.246 e. The lowest BCUT2D eigenvalue weighted by molar-refractivity contribution is -0.156. The van der Waals surface area contributed by atoms with Crippen LogP contribution in [-0.2, 0) is 65.6 Å². The van der Waals surface area contributed by atoms with Crippen molar-refractivity contribution in [3.05, 3.63) is 71.8 Å². The van der Waals surface area contributed by atoms with Gasteiger partial charge in [-0.05, 0) is 43.2 Å². The minimum atomic E-state index is -1.75. The van der Waals surface area contributed by atoms with Gasteiger partial charge >= 0.3 is 0 Å². The van der Waals surface area contributed by atoms with Gasteiger partial charge in [-0.25, -0.2) is 0 Å². The number of fused-ring (bicyclic) bond motifs is 17. The number of nitrogens with two attached hydrogens (primary N) is 5. The van der Waals surface area contributed by atoms with Crippen molar-refractivity contribution in [2.24, 2.45) is 33.7 Å². The minimum absolute atomic E-state index is 0.0162. The fourth-order valence-corrected chi connectivity index (χ4v) is 11.0. The average Bonchev–Trinajstić information content (AvgIpc) is 3.87. The van der Waals surface area contributed by atoms with E-state index in [0.29, 0.717) is 12.0 Å². The van der Waals surface area contributed by atoms with Crippen LogP contribution in [0.3, 0.4) is 0 Å².